The van der Waals surface area contributed by atoms with Gasteiger partial charge in [-0.3, -0.25) is 14.4 Å². The Morgan fingerprint density at radius 1 is 0.915 bits per heavy atom. The smallest absolute Gasteiger partial charge is 0.326 e. The number of imidazole rings is 1. The van der Waals surface area contributed by atoms with Crippen molar-refractivity contribution in [2.75, 3.05) is 13.2 Å². The fraction of sp³-hybridized carbons (Fsp3) is 0.629. The van der Waals surface area contributed by atoms with Crippen LogP contribution < -0.4 is 21.7 Å². The van der Waals surface area contributed by atoms with Crippen LogP contribution in [-0.2, 0) is 38.6 Å². The minimum absolute atomic E-state index is 0. The van der Waals surface area contributed by atoms with E-state index in [4.69, 9.17) is 5.73 Å². The van der Waals surface area contributed by atoms with Crippen molar-refractivity contribution in [3.8, 4) is 0 Å². The van der Waals surface area contributed by atoms with Crippen molar-refractivity contribution in [3.63, 3.8) is 0 Å². The van der Waals surface area contributed by atoms with Crippen LogP contribution in [0.3, 0.4) is 0 Å². The summed E-state index contributed by atoms with van der Waals surface area (Å²) >= 11 is 0. The van der Waals surface area contributed by atoms with Crippen LogP contribution in [0.1, 0.15) is 95.0 Å². The lowest BCUT2D eigenvalue weighted by atomic mass is 9.84. The first-order valence-corrected chi connectivity index (χ1v) is 16.7. The molecule has 1 heterocycles. The Labute approximate surface area is 279 Å². The zero-order valence-corrected chi connectivity index (χ0v) is 27.1. The molecule has 3 atom stereocenters. The zero-order valence-electron chi connectivity index (χ0n) is 27.1. The molecule has 1 aromatic carbocycles. The van der Waals surface area contributed by atoms with Crippen LogP contribution in [0.2, 0.25) is 0 Å². The highest BCUT2D eigenvalue weighted by Gasteiger charge is 2.31. The minimum Gasteiger partial charge on any atom is -0.480 e. The first-order chi connectivity index (χ1) is 22.2. The lowest BCUT2D eigenvalue weighted by Crippen LogP contribution is -2.56. The molecule has 1 aliphatic carbocycles. The summed E-state index contributed by atoms with van der Waals surface area (Å²) in [6, 6.07) is 4.38. The van der Waals surface area contributed by atoms with Gasteiger partial charge in [-0.25, -0.2) is 9.78 Å². The van der Waals surface area contributed by atoms with Gasteiger partial charge in [0.25, 0.3) is 0 Å². The number of nitrogens with two attached hydrogens (primary N) is 1. The number of aliphatic carboxylic acids is 1. The third kappa shape index (κ3) is 13.9. The van der Waals surface area contributed by atoms with E-state index in [9.17, 15) is 29.4 Å². The van der Waals surface area contributed by atoms with Crippen LogP contribution in [0, 0.1) is 12.8 Å². The molecule has 12 nitrogen and oxygen atoms in total. The number of amides is 3. The van der Waals surface area contributed by atoms with Crippen LogP contribution in [0.25, 0.3) is 0 Å². The highest BCUT2D eigenvalue weighted by molar-refractivity contribution is 5.93. The highest BCUT2D eigenvalue weighted by Crippen LogP contribution is 2.27. The lowest BCUT2D eigenvalue weighted by Gasteiger charge is -2.27. The maximum Gasteiger partial charge on any atom is 0.326 e. The number of unbranched alkanes of at least 4 members (excludes halogenated alkanes) is 2. The monoisotopic (exact) mass is 656 g/mol. The fourth-order valence-electron chi connectivity index (χ4n) is 5.98. The topological polar surface area (TPSA) is 189 Å². The molecule has 7 N–H and O–H groups in total. The number of aliphatic hydroxyl groups is 1. The number of hydrogen-bond donors (Lipinski definition) is 6. The molecule has 1 saturated carbocycles. The van der Waals surface area contributed by atoms with Crippen LogP contribution in [0.15, 0.2) is 36.7 Å². The van der Waals surface area contributed by atoms with Crippen LogP contribution in [0.5, 0.6) is 0 Å². The number of carboxylic acid groups (broad SMARTS) is 1. The largest absolute Gasteiger partial charge is 0.480 e. The Morgan fingerprint density at radius 2 is 1.57 bits per heavy atom. The molecule has 1 aliphatic rings. The van der Waals surface area contributed by atoms with Gasteiger partial charge >= 0.3 is 5.97 Å². The van der Waals surface area contributed by atoms with Gasteiger partial charge in [0.2, 0.25) is 17.7 Å². The number of aliphatic hydroxyl groups excluding tert-OH is 1. The van der Waals surface area contributed by atoms with E-state index in [1.54, 1.807) is 6.20 Å². The number of rotatable bonds is 20. The lowest BCUT2D eigenvalue weighted by molar-refractivity contribution is -0.143. The van der Waals surface area contributed by atoms with E-state index in [0.717, 1.165) is 69.3 Å². The number of carbonyl (C=O) groups is 4. The number of hydrogen-bond acceptors (Lipinski definition) is 7. The molecule has 0 radical (unpaired) electrons. The summed E-state index contributed by atoms with van der Waals surface area (Å²) in [7, 11) is 0. The quantitative estimate of drug-likeness (QED) is 0.117. The van der Waals surface area contributed by atoms with Crippen molar-refractivity contribution < 1.29 is 29.4 Å². The maximum atomic E-state index is 13.2. The van der Waals surface area contributed by atoms with E-state index < -0.39 is 48.4 Å². The SMILES string of the molecule is C.Cc1nccn1CCCCc1ccc(CC(=O)N[C@@H](CO)C(=O)N[C@@H](CCCCN)C(=O)N[C@H](CC2CCCCC2)C(=O)O)cc1. The van der Waals surface area contributed by atoms with Gasteiger partial charge in [0.05, 0.1) is 13.0 Å². The first kappa shape index (κ1) is 39.4. The van der Waals surface area contributed by atoms with Gasteiger partial charge in [-0.05, 0) is 75.5 Å². The molecule has 2 aromatic rings. The average Bonchev–Trinajstić information content (AvgIpc) is 3.46. The Morgan fingerprint density at radius 3 is 2.19 bits per heavy atom. The average molecular weight is 657 g/mol. The summed E-state index contributed by atoms with van der Waals surface area (Å²) < 4.78 is 2.13. The van der Waals surface area contributed by atoms with Crippen molar-refractivity contribution >= 4 is 23.7 Å². The van der Waals surface area contributed by atoms with E-state index in [-0.39, 0.29) is 26.2 Å². The number of aromatic nitrogens is 2. The highest BCUT2D eigenvalue weighted by atomic mass is 16.4. The minimum atomic E-state index is -1.27. The van der Waals surface area contributed by atoms with Crippen molar-refractivity contribution in [2.45, 2.75) is 122 Å². The third-order valence-corrected chi connectivity index (χ3v) is 8.75. The van der Waals surface area contributed by atoms with Gasteiger partial charge in [0.1, 0.15) is 23.9 Å². The van der Waals surface area contributed by atoms with E-state index in [0.29, 0.717) is 25.8 Å². The Bertz CT molecular complexity index is 1240. The molecule has 0 unspecified atom stereocenters. The molecule has 3 rings (SSSR count). The maximum absolute atomic E-state index is 13.2. The second kappa shape index (κ2) is 21.2. The van der Waals surface area contributed by atoms with E-state index in [1.807, 2.05) is 37.4 Å². The first-order valence-electron chi connectivity index (χ1n) is 16.7. The number of carbonyl (C=O) groups excluding carboxylic acids is 3. The molecule has 1 aromatic heterocycles. The van der Waals surface area contributed by atoms with Gasteiger partial charge in [-0.1, -0.05) is 63.8 Å². The van der Waals surface area contributed by atoms with Crippen molar-refractivity contribution in [2.24, 2.45) is 11.7 Å². The summed E-state index contributed by atoms with van der Waals surface area (Å²) in [6.45, 7) is 2.66. The number of carboxylic acids is 1. The molecule has 0 saturated heterocycles. The Balaban J connectivity index is 0.00000768. The van der Waals surface area contributed by atoms with Gasteiger partial charge in [0.15, 0.2) is 0 Å². The normalized spacial score (nSPS) is 15.1. The number of aryl methyl sites for hydroxylation is 3. The molecule has 1 fully saturated rings. The van der Waals surface area contributed by atoms with E-state index in [1.165, 1.54) is 5.56 Å². The Hall–Kier alpha value is -3.77. The zero-order chi connectivity index (χ0) is 33.3. The van der Waals surface area contributed by atoms with Crippen LogP contribution >= 0.6 is 0 Å². The summed E-state index contributed by atoms with van der Waals surface area (Å²) in [6.07, 6.45) is 13.6. The second-order valence-electron chi connectivity index (χ2n) is 12.4. The molecule has 3 amide bonds. The molecule has 0 bridgehead atoms. The van der Waals surface area contributed by atoms with E-state index >= 15 is 0 Å². The summed E-state index contributed by atoms with van der Waals surface area (Å²) in [5.41, 5.74) is 7.55. The number of nitrogens with one attached hydrogen (secondary N) is 3. The third-order valence-electron chi connectivity index (χ3n) is 8.75. The molecule has 47 heavy (non-hydrogen) atoms. The van der Waals surface area contributed by atoms with Gasteiger partial charge in [-0.2, -0.15) is 0 Å². The molecular formula is C35H56N6O6. The van der Waals surface area contributed by atoms with Gasteiger partial charge in [0, 0.05) is 18.9 Å². The fourth-order valence-corrected chi connectivity index (χ4v) is 5.98. The molecular weight excluding hydrogens is 600 g/mol. The van der Waals surface area contributed by atoms with Crippen molar-refractivity contribution in [3.05, 3.63) is 53.6 Å². The Kier molecular flexibility index (Phi) is 17.8. The van der Waals surface area contributed by atoms with Gasteiger partial charge in [-0.15, -0.1) is 0 Å². The number of nitrogens with zero attached hydrogens (tertiary/aromatic N) is 2. The van der Waals surface area contributed by atoms with Crippen LogP contribution in [-0.4, -0.2) is 74.7 Å². The summed E-state index contributed by atoms with van der Waals surface area (Å²) in [5.74, 6) is -1.64. The molecule has 0 aliphatic heterocycles. The number of benzene rings is 1. The molecule has 12 heteroatoms. The standard InChI is InChI=1S/C34H52N6O6.CH4/c1-24-36-18-20-40(24)19-8-6-9-25-13-15-27(16-14-25)22-31(42)37-30(23-41)33(44)38-28(12-5-7-17-35)32(43)39-29(34(45)46)21-26-10-3-2-4-11-26;/h13-16,18,20,26,28-30,41H,2-12,17,19,21-23,35H2,1H3,(H,37,42)(H,38,44)(H,39,43)(H,45,46);1H4/t28-,29+,30-;/m0./s1. The summed E-state index contributed by atoms with van der Waals surface area (Å²) in [4.78, 5) is 55.3. The molecule has 262 valence electrons. The second-order valence-corrected chi connectivity index (χ2v) is 12.4. The molecule has 0 spiro atoms. The van der Waals surface area contributed by atoms with E-state index in [2.05, 4.69) is 25.5 Å². The van der Waals surface area contributed by atoms with Gasteiger partial charge < -0.3 is 36.5 Å². The van der Waals surface area contributed by atoms with Crippen molar-refractivity contribution in [1.29, 1.82) is 0 Å². The van der Waals surface area contributed by atoms with Crippen LogP contribution in [0.4, 0.5) is 0 Å². The summed E-state index contributed by atoms with van der Waals surface area (Å²) in [5, 5.41) is 27.5. The predicted molar refractivity (Wildman–Crippen MR) is 181 cm³/mol. The predicted octanol–water partition coefficient (Wildman–Crippen LogP) is 3.02. The van der Waals surface area contributed by atoms with Crippen molar-refractivity contribution in [1.82, 2.24) is 25.5 Å².